The Kier molecular flexibility index (Phi) is 5.69. The van der Waals surface area contributed by atoms with E-state index in [0.717, 1.165) is 6.07 Å². The highest BCUT2D eigenvalue weighted by Crippen LogP contribution is 2.35. The number of rotatable bonds is 2. The normalized spacial score (nSPS) is 19.3. The molecule has 3 rings (SSSR count). The number of alkyl halides is 3. The number of carbonyl (C=O) groups is 1. The van der Waals surface area contributed by atoms with Crippen LogP contribution < -0.4 is 16.0 Å². The standard InChI is InChI=1S/C19H20F3N7O/c1-11-10-29(18(30)27-16-5-6-25-17(24)26-16)12(2)9-28(11)14-4-3-13(8-23)15(7-14)19(20,21)22/h3-7,11-12H,9-10H2,1-2H3,(H3,24,25,26,27,30). The number of hydrogen-bond donors (Lipinski definition) is 2. The summed E-state index contributed by atoms with van der Waals surface area (Å²) in [5.41, 5.74) is 4.47. The topological polar surface area (TPSA) is 111 Å². The average Bonchev–Trinajstić information content (AvgIpc) is 2.68. The van der Waals surface area contributed by atoms with Gasteiger partial charge in [-0.25, -0.2) is 9.78 Å². The molecule has 30 heavy (non-hydrogen) atoms. The van der Waals surface area contributed by atoms with Gasteiger partial charge in [-0.15, -0.1) is 0 Å². The van der Waals surface area contributed by atoms with Gasteiger partial charge < -0.3 is 15.5 Å². The molecular weight excluding hydrogens is 399 g/mol. The van der Waals surface area contributed by atoms with Gasteiger partial charge in [-0.05, 0) is 38.1 Å². The van der Waals surface area contributed by atoms with Crippen LogP contribution in [-0.4, -0.2) is 46.1 Å². The maximum Gasteiger partial charge on any atom is 0.417 e. The van der Waals surface area contributed by atoms with E-state index < -0.39 is 17.3 Å². The van der Waals surface area contributed by atoms with Crippen LogP contribution in [0.5, 0.6) is 0 Å². The third-order valence-corrected chi connectivity index (χ3v) is 4.92. The van der Waals surface area contributed by atoms with Crippen molar-refractivity contribution in [1.82, 2.24) is 14.9 Å². The first kappa shape index (κ1) is 21.2. The van der Waals surface area contributed by atoms with Gasteiger partial charge in [0.25, 0.3) is 0 Å². The molecule has 2 aromatic rings. The highest BCUT2D eigenvalue weighted by Gasteiger charge is 2.36. The van der Waals surface area contributed by atoms with Crippen molar-refractivity contribution >= 4 is 23.5 Å². The van der Waals surface area contributed by atoms with Crippen LogP contribution in [0.1, 0.15) is 25.0 Å². The van der Waals surface area contributed by atoms with Crippen LogP contribution in [-0.2, 0) is 6.18 Å². The number of nitrogens with zero attached hydrogens (tertiary/aromatic N) is 5. The molecule has 158 valence electrons. The van der Waals surface area contributed by atoms with Crippen molar-refractivity contribution in [3.05, 3.63) is 41.6 Å². The number of urea groups is 1. The number of benzene rings is 1. The first-order valence-corrected chi connectivity index (χ1v) is 9.14. The molecule has 2 heterocycles. The van der Waals surface area contributed by atoms with Gasteiger partial charge in [-0.3, -0.25) is 5.32 Å². The van der Waals surface area contributed by atoms with E-state index in [1.54, 1.807) is 22.8 Å². The van der Waals surface area contributed by atoms with Crippen molar-refractivity contribution < 1.29 is 18.0 Å². The lowest BCUT2D eigenvalue weighted by atomic mass is 10.0. The van der Waals surface area contributed by atoms with Crippen molar-refractivity contribution in [1.29, 1.82) is 5.26 Å². The Hall–Kier alpha value is -3.55. The number of hydrogen-bond acceptors (Lipinski definition) is 6. The number of nitrogens with one attached hydrogen (secondary N) is 1. The van der Waals surface area contributed by atoms with E-state index in [1.165, 1.54) is 24.4 Å². The van der Waals surface area contributed by atoms with Crippen LogP contribution in [0.4, 0.5) is 35.4 Å². The van der Waals surface area contributed by atoms with E-state index in [-0.39, 0.29) is 36.4 Å². The van der Waals surface area contributed by atoms with Gasteiger partial charge in [-0.2, -0.15) is 23.4 Å². The van der Waals surface area contributed by atoms with Gasteiger partial charge >= 0.3 is 12.2 Å². The molecule has 2 amide bonds. The lowest BCUT2D eigenvalue weighted by Gasteiger charge is -2.45. The van der Waals surface area contributed by atoms with E-state index in [2.05, 4.69) is 15.3 Å². The van der Waals surface area contributed by atoms with Gasteiger partial charge in [0.05, 0.1) is 17.2 Å². The Bertz CT molecular complexity index is 989. The van der Waals surface area contributed by atoms with Crippen molar-refractivity contribution in [2.24, 2.45) is 0 Å². The van der Waals surface area contributed by atoms with Crippen LogP contribution in [0.15, 0.2) is 30.5 Å². The number of nitrogens with two attached hydrogens (primary N) is 1. The molecule has 2 atom stereocenters. The Morgan fingerprint density at radius 1 is 1.27 bits per heavy atom. The monoisotopic (exact) mass is 419 g/mol. The van der Waals surface area contributed by atoms with Gasteiger partial charge in [0.2, 0.25) is 5.95 Å². The number of carbonyl (C=O) groups excluding carboxylic acids is 1. The fraction of sp³-hybridized carbons (Fsp3) is 0.368. The molecule has 1 fully saturated rings. The SMILES string of the molecule is CC1CN(c2ccc(C#N)c(C(F)(F)F)c2)C(C)CN1C(=O)Nc1ccnc(N)n1. The predicted molar refractivity (Wildman–Crippen MR) is 105 cm³/mol. The minimum atomic E-state index is -4.63. The minimum Gasteiger partial charge on any atom is -0.368 e. The van der Waals surface area contributed by atoms with E-state index in [1.807, 2.05) is 6.92 Å². The minimum absolute atomic E-state index is 0.0281. The molecule has 0 saturated carbocycles. The van der Waals surface area contributed by atoms with E-state index in [9.17, 15) is 18.0 Å². The summed E-state index contributed by atoms with van der Waals surface area (Å²) in [7, 11) is 0. The molecule has 1 aromatic heterocycles. The summed E-state index contributed by atoms with van der Waals surface area (Å²) in [5, 5.41) is 11.6. The number of halogens is 3. The van der Waals surface area contributed by atoms with Crippen LogP contribution in [0.2, 0.25) is 0 Å². The second kappa shape index (κ2) is 8.06. The zero-order valence-electron chi connectivity index (χ0n) is 16.3. The van der Waals surface area contributed by atoms with Crippen LogP contribution >= 0.6 is 0 Å². The number of nitriles is 1. The molecular formula is C19H20F3N7O. The van der Waals surface area contributed by atoms with Crippen LogP contribution in [0.3, 0.4) is 0 Å². The highest BCUT2D eigenvalue weighted by molar-refractivity contribution is 5.88. The summed E-state index contributed by atoms with van der Waals surface area (Å²) in [6, 6.07) is 5.82. The zero-order valence-corrected chi connectivity index (χ0v) is 16.3. The number of anilines is 3. The quantitative estimate of drug-likeness (QED) is 0.774. The summed E-state index contributed by atoms with van der Waals surface area (Å²) in [6.45, 7) is 4.24. The Morgan fingerprint density at radius 2 is 2.00 bits per heavy atom. The fourth-order valence-electron chi connectivity index (χ4n) is 3.44. The molecule has 11 heteroatoms. The Labute approximate surface area is 171 Å². The van der Waals surface area contributed by atoms with E-state index >= 15 is 0 Å². The molecule has 1 aromatic carbocycles. The number of aromatic nitrogens is 2. The lowest BCUT2D eigenvalue weighted by Crippen LogP contribution is -2.59. The summed E-state index contributed by atoms with van der Waals surface area (Å²) in [4.78, 5) is 23.7. The Morgan fingerprint density at radius 3 is 2.63 bits per heavy atom. The maximum absolute atomic E-state index is 13.3. The maximum atomic E-state index is 13.3. The van der Waals surface area contributed by atoms with Crippen molar-refractivity contribution in [2.75, 3.05) is 29.0 Å². The molecule has 0 aliphatic carbocycles. The van der Waals surface area contributed by atoms with Crippen LogP contribution in [0.25, 0.3) is 0 Å². The zero-order chi connectivity index (χ0) is 22.1. The van der Waals surface area contributed by atoms with Gasteiger partial charge in [0, 0.05) is 37.1 Å². The second-order valence-electron chi connectivity index (χ2n) is 7.07. The predicted octanol–water partition coefficient (Wildman–Crippen LogP) is 3.08. The summed E-state index contributed by atoms with van der Waals surface area (Å²) >= 11 is 0. The molecule has 0 radical (unpaired) electrons. The molecule has 1 aliphatic rings. The number of nitrogen functional groups attached to an aromatic ring is 1. The van der Waals surface area contributed by atoms with Crippen LogP contribution in [0, 0.1) is 11.3 Å². The molecule has 8 nitrogen and oxygen atoms in total. The third kappa shape index (κ3) is 4.37. The molecule has 0 spiro atoms. The van der Waals surface area contributed by atoms with E-state index in [0.29, 0.717) is 12.2 Å². The van der Waals surface area contributed by atoms with Gasteiger partial charge in [0.15, 0.2) is 0 Å². The summed E-state index contributed by atoms with van der Waals surface area (Å²) < 4.78 is 39.9. The highest BCUT2D eigenvalue weighted by atomic mass is 19.4. The number of amides is 2. The van der Waals surface area contributed by atoms with E-state index in [4.69, 9.17) is 11.0 Å². The largest absolute Gasteiger partial charge is 0.417 e. The van der Waals surface area contributed by atoms with Gasteiger partial charge in [-0.1, -0.05) is 0 Å². The third-order valence-electron chi connectivity index (χ3n) is 4.92. The molecule has 0 bridgehead atoms. The summed E-state index contributed by atoms with van der Waals surface area (Å²) in [5.74, 6) is 0.289. The van der Waals surface area contributed by atoms with Gasteiger partial charge in [0.1, 0.15) is 5.82 Å². The number of piperazine rings is 1. The summed E-state index contributed by atoms with van der Waals surface area (Å²) in [6.07, 6.45) is -3.21. The first-order chi connectivity index (χ1) is 14.1. The molecule has 2 unspecified atom stereocenters. The lowest BCUT2D eigenvalue weighted by molar-refractivity contribution is -0.137. The smallest absolute Gasteiger partial charge is 0.368 e. The second-order valence-corrected chi connectivity index (χ2v) is 7.07. The average molecular weight is 419 g/mol. The van der Waals surface area contributed by atoms with Crippen molar-refractivity contribution in [2.45, 2.75) is 32.1 Å². The molecule has 3 N–H and O–H groups in total. The first-order valence-electron chi connectivity index (χ1n) is 9.14. The van der Waals surface area contributed by atoms with Crippen molar-refractivity contribution in [3.63, 3.8) is 0 Å². The molecule has 1 saturated heterocycles. The fourth-order valence-corrected chi connectivity index (χ4v) is 3.44. The van der Waals surface area contributed by atoms with Crippen molar-refractivity contribution in [3.8, 4) is 6.07 Å². The molecule has 1 aliphatic heterocycles. The Balaban J connectivity index is 1.78.